The lowest BCUT2D eigenvalue weighted by molar-refractivity contribution is -0.681. The molecule has 0 unspecified atom stereocenters. The average molecular weight is 216 g/mol. The molecule has 84 valence electrons. The van der Waals surface area contributed by atoms with E-state index in [1.807, 2.05) is 40.4 Å². The molecule has 0 bridgehead atoms. The van der Waals surface area contributed by atoms with Gasteiger partial charge in [-0.05, 0) is 26.0 Å². The van der Waals surface area contributed by atoms with Crippen LogP contribution in [0, 0.1) is 20.2 Å². The van der Waals surface area contributed by atoms with Crippen molar-refractivity contribution < 1.29 is 9.30 Å². The Morgan fingerprint density at radius 3 is 2.62 bits per heavy atom. The second kappa shape index (κ2) is 4.00. The number of benzene rings is 1. The van der Waals surface area contributed by atoms with E-state index in [-0.39, 0.29) is 0 Å². The molecule has 3 heteroatoms. The molecule has 1 aromatic heterocycles. The van der Waals surface area contributed by atoms with E-state index in [0.29, 0.717) is 0 Å². The van der Waals surface area contributed by atoms with Gasteiger partial charge >= 0.3 is 0 Å². The third kappa shape index (κ3) is 1.69. The van der Waals surface area contributed by atoms with Crippen molar-refractivity contribution in [2.75, 3.05) is 7.11 Å². The molecule has 1 aromatic carbocycles. The molecule has 1 heterocycles. The van der Waals surface area contributed by atoms with Crippen LogP contribution in [0.1, 0.15) is 11.4 Å². The Morgan fingerprint density at radius 2 is 2.06 bits per heavy atom. The van der Waals surface area contributed by atoms with Gasteiger partial charge in [-0.1, -0.05) is 12.1 Å². The van der Waals surface area contributed by atoms with Crippen LogP contribution in [0.2, 0.25) is 0 Å². The number of methoxy groups -OCH3 is 1. The normalized spacial score (nSPS) is 10.5. The first-order valence-corrected chi connectivity index (χ1v) is 5.25. The SMILES string of the molecule is COc1cccc(-n2[c-][n+](C)c(C)c2C)c1. The molecule has 0 saturated heterocycles. The number of aryl methyl sites for hydroxylation is 1. The Hall–Kier alpha value is -1.77. The second-order valence-corrected chi connectivity index (χ2v) is 3.87. The van der Waals surface area contributed by atoms with Crippen molar-refractivity contribution in [1.82, 2.24) is 4.57 Å². The first-order chi connectivity index (χ1) is 7.63. The van der Waals surface area contributed by atoms with Crippen LogP contribution in [-0.4, -0.2) is 11.7 Å². The van der Waals surface area contributed by atoms with Crippen LogP contribution in [0.25, 0.3) is 5.69 Å². The molecule has 0 aliphatic rings. The minimum absolute atomic E-state index is 0.860. The molecule has 0 aliphatic carbocycles. The lowest BCUT2D eigenvalue weighted by atomic mass is 10.3. The van der Waals surface area contributed by atoms with E-state index in [2.05, 4.69) is 20.2 Å². The van der Waals surface area contributed by atoms with Gasteiger partial charge in [0.05, 0.1) is 19.8 Å². The van der Waals surface area contributed by atoms with Crippen molar-refractivity contribution in [1.29, 1.82) is 0 Å². The molecule has 0 saturated carbocycles. The quantitative estimate of drug-likeness (QED) is 0.552. The number of imidazole rings is 1. The summed E-state index contributed by atoms with van der Waals surface area (Å²) < 4.78 is 9.25. The summed E-state index contributed by atoms with van der Waals surface area (Å²) in [5, 5.41) is 0. The fraction of sp³-hybridized carbons (Fsp3) is 0.308. The van der Waals surface area contributed by atoms with E-state index in [1.54, 1.807) is 7.11 Å². The smallest absolute Gasteiger partial charge is 0.243 e. The molecule has 0 fully saturated rings. The number of nitrogens with zero attached hydrogens (tertiary/aromatic N) is 2. The molecule has 0 amide bonds. The van der Waals surface area contributed by atoms with Gasteiger partial charge in [0, 0.05) is 11.4 Å². The van der Waals surface area contributed by atoms with Gasteiger partial charge in [0.25, 0.3) is 0 Å². The zero-order valence-corrected chi connectivity index (χ0v) is 10.1. The fourth-order valence-corrected chi connectivity index (χ4v) is 1.71. The number of ether oxygens (including phenoxy) is 1. The van der Waals surface area contributed by atoms with Crippen molar-refractivity contribution in [3.63, 3.8) is 0 Å². The van der Waals surface area contributed by atoms with Crippen molar-refractivity contribution in [3.8, 4) is 11.4 Å². The predicted molar refractivity (Wildman–Crippen MR) is 61.8 cm³/mol. The number of rotatable bonds is 2. The van der Waals surface area contributed by atoms with Crippen LogP contribution in [0.15, 0.2) is 24.3 Å². The predicted octanol–water partition coefficient (Wildman–Crippen LogP) is 1.73. The van der Waals surface area contributed by atoms with Crippen LogP contribution in [0.5, 0.6) is 5.75 Å². The highest BCUT2D eigenvalue weighted by molar-refractivity contribution is 5.40. The van der Waals surface area contributed by atoms with E-state index < -0.39 is 0 Å². The minimum atomic E-state index is 0.860. The molecule has 3 nitrogen and oxygen atoms in total. The Labute approximate surface area is 95.9 Å². The summed E-state index contributed by atoms with van der Waals surface area (Å²) >= 11 is 0. The maximum Gasteiger partial charge on any atom is 0.243 e. The van der Waals surface area contributed by atoms with Gasteiger partial charge in [-0.3, -0.25) is 0 Å². The van der Waals surface area contributed by atoms with E-state index in [4.69, 9.17) is 4.74 Å². The maximum atomic E-state index is 5.22. The lowest BCUT2D eigenvalue weighted by Crippen LogP contribution is -2.29. The molecule has 0 atom stereocenters. The number of hydrogen-bond acceptors (Lipinski definition) is 1. The summed E-state index contributed by atoms with van der Waals surface area (Å²) in [4.78, 5) is 0. The van der Waals surface area contributed by atoms with Crippen LogP contribution in [0.4, 0.5) is 0 Å². The van der Waals surface area contributed by atoms with Gasteiger partial charge in [-0.15, -0.1) is 0 Å². The highest BCUT2D eigenvalue weighted by atomic mass is 16.5. The van der Waals surface area contributed by atoms with Crippen molar-refractivity contribution in [2.45, 2.75) is 13.8 Å². The molecular formula is C13H16N2O. The molecule has 0 radical (unpaired) electrons. The fourth-order valence-electron chi connectivity index (χ4n) is 1.71. The van der Waals surface area contributed by atoms with E-state index in [1.165, 1.54) is 11.4 Å². The Kier molecular flexibility index (Phi) is 2.69. The Morgan fingerprint density at radius 1 is 1.31 bits per heavy atom. The topological polar surface area (TPSA) is 18.0 Å². The van der Waals surface area contributed by atoms with Gasteiger partial charge in [0.2, 0.25) is 6.33 Å². The van der Waals surface area contributed by atoms with Gasteiger partial charge in [0.1, 0.15) is 5.75 Å². The Bertz CT molecular complexity index is 515. The summed E-state index contributed by atoms with van der Waals surface area (Å²) in [6, 6.07) is 7.97. The van der Waals surface area contributed by atoms with Crippen molar-refractivity contribution in [2.24, 2.45) is 7.05 Å². The first kappa shape index (κ1) is 10.7. The van der Waals surface area contributed by atoms with Gasteiger partial charge in [-0.2, -0.15) is 0 Å². The van der Waals surface area contributed by atoms with Gasteiger partial charge < -0.3 is 13.9 Å². The van der Waals surface area contributed by atoms with Crippen LogP contribution >= 0.6 is 0 Å². The van der Waals surface area contributed by atoms with Gasteiger partial charge in [-0.25, -0.2) is 0 Å². The third-order valence-electron chi connectivity index (χ3n) is 2.92. The van der Waals surface area contributed by atoms with Crippen molar-refractivity contribution in [3.05, 3.63) is 42.0 Å². The summed E-state index contributed by atoms with van der Waals surface area (Å²) in [5.74, 6) is 0.860. The van der Waals surface area contributed by atoms with E-state index in [9.17, 15) is 0 Å². The summed E-state index contributed by atoms with van der Waals surface area (Å²) in [6.45, 7) is 4.17. The highest BCUT2D eigenvalue weighted by Crippen LogP contribution is 2.17. The average Bonchev–Trinajstić information content (AvgIpc) is 2.57. The second-order valence-electron chi connectivity index (χ2n) is 3.87. The zero-order valence-electron chi connectivity index (χ0n) is 10.1. The van der Waals surface area contributed by atoms with Crippen LogP contribution in [-0.2, 0) is 7.05 Å². The number of aromatic nitrogens is 2. The molecular weight excluding hydrogens is 200 g/mol. The highest BCUT2D eigenvalue weighted by Gasteiger charge is 2.07. The Balaban J connectivity index is 2.54. The molecule has 2 rings (SSSR count). The first-order valence-electron chi connectivity index (χ1n) is 5.25. The van der Waals surface area contributed by atoms with Crippen molar-refractivity contribution >= 4 is 0 Å². The monoisotopic (exact) mass is 216 g/mol. The summed E-state index contributed by atoms with van der Waals surface area (Å²) in [6.07, 6.45) is 3.26. The molecule has 0 N–H and O–H groups in total. The van der Waals surface area contributed by atoms with E-state index >= 15 is 0 Å². The molecule has 2 aromatic rings. The number of hydrogen-bond donors (Lipinski definition) is 0. The van der Waals surface area contributed by atoms with Gasteiger partial charge in [0.15, 0.2) is 0 Å². The molecule has 0 aliphatic heterocycles. The zero-order chi connectivity index (χ0) is 11.7. The molecule has 16 heavy (non-hydrogen) atoms. The maximum absolute atomic E-state index is 5.22. The summed E-state index contributed by atoms with van der Waals surface area (Å²) in [7, 11) is 3.68. The summed E-state index contributed by atoms with van der Waals surface area (Å²) in [5.41, 5.74) is 3.47. The van der Waals surface area contributed by atoms with Crippen LogP contribution < -0.4 is 9.30 Å². The standard InChI is InChI=1S/C13H16N2O/c1-10-11(2)15(9-14(10)3)12-6-5-7-13(8-12)16-4/h5-8H,1-4H3. The minimum Gasteiger partial charge on any atom is -0.497 e. The molecule has 0 spiro atoms. The van der Waals surface area contributed by atoms with E-state index in [0.717, 1.165) is 11.4 Å². The third-order valence-corrected chi connectivity index (χ3v) is 2.92. The largest absolute Gasteiger partial charge is 0.497 e. The lowest BCUT2D eigenvalue weighted by Gasteiger charge is -2.07. The van der Waals surface area contributed by atoms with Crippen LogP contribution in [0.3, 0.4) is 0 Å².